The third kappa shape index (κ3) is 4.29. The molecule has 1 aromatic heterocycles. The van der Waals surface area contributed by atoms with E-state index in [1.807, 2.05) is 31.2 Å². The number of hydrogen-bond donors (Lipinski definition) is 2. The summed E-state index contributed by atoms with van der Waals surface area (Å²) in [7, 11) is 0. The second-order valence-corrected chi connectivity index (χ2v) is 6.16. The molecule has 0 aliphatic heterocycles. The molecule has 0 fully saturated rings. The van der Waals surface area contributed by atoms with Crippen molar-refractivity contribution in [3.8, 4) is 5.69 Å². The van der Waals surface area contributed by atoms with Gasteiger partial charge < -0.3 is 5.32 Å². The number of amides is 2. The highest BCUT2D eigenvalue weighted by molar-refractivity contribution is 6.30. The van der Waals surface area contributed by atoms with Crippen LogP contribution in [0.25, 0.3) is 5.69 Å². The number of benzene rings is 2. The maximum atomic E-state index is 12.5. The minimum Gasteiger partial charge on any atom is -0.334 e. The highest BCUT2D eigenvalue weighted by Crippen LogP contribution is 2.13. The molecule has 26 heavy (non-hydrogen) atoms. The number of urea groups is 1. The number of aromatic nitrogens is 2. The zero-order valence-corrected chi connectivity index (χ0v) is 14.8. The number of nitrogens with zero attached hydrogens (tertiary/aromatic N) is 2. The molecule has 2 aromatic carbocycles. The molecule has 0 aliphatic carbocycles. The second kappa shape index (κ2) is 7.84. The predicted octanol–water partition coefficient (Wildman–Crippen LogP) is 3.52. The summed E-state index contributed by atoms with van der Waals surface area (Å²) in [6.07, 6.45) is 2.96. The molecular weight excluding hydrogens is 352 g/mol. The summed E-state index contributed by atoms with van der Waals surface area (Å²) in [5.41, 5.74) is 2.25. The van der Waals surface area contributed by atoms with Gasteiger partial charge in [0.2, 0.25) is 5.82 Å². The van der Waals surface area contributed by atoms with Crippen molar-refractivity contribution in [1.29, 1.82) is 0 Å². The number of rotatable bonds is 4. The van der Waals surface area contributed by atoms with Gasteiger partial charge in [-0.1, -0.05) is 47.5 Å². The summed E-state index contributed by atoms with van der Waals surface area (Å²) in [4.78, 5) is 28.6. The fourth-order valence-corrected chi connectivity index (χ4v) is 2.55. The lowest BCUT2D eigenvalue weighted by Crippen LogP contribution is -2.32. The topological polar surface area (TPSA) is 76.0 Å². The second-order valence-electron chi connectivity index (χ2n) is 5.72. The van der Waals surface area contributed by atoms with Crippen molar-refractivity contribution in [1.82, 2.24) is 14.9 Å². The Bertz CT molecular complexity index is 983. The number of nitrogens with one attached hydrogen (secondary N) is 2. The molecule has 0 spiro atoms. The number of anilines is 1. The minimum absolute atomic E-state index is 0.0612. The van der Waals surface area contributed by atoms with Crippen molar-refractivity contribution < 1.29 is 4.79 Å². The van der Waals surface area contributed by atoms with E-state index in [-0.39, 0.29) is 5.82 Å². The number of halogens is 1. The molecule has 6 nitrogen and oxygen atoms in total. The van der Waals surface area contributed by atoms with Crippen LogP contribution in [0, 0.1) is 6.92 Å². The van der Waals surface area contributed by atoms with Crippen LogP contribution in [0.15, 0.2) is 65.7 Å². The van der Waals surface area contributed by atoms with E-state index < -0.39 is 11.6 Å². The standard InChI is InChI=1S/C19H17ClN4O2/c1-13-5-7-14(8-6-13)12-22-19(26)23-17-18(25)24(10-9-21-17)16-4-2-3-15(20)11-16/h2-11H,12H2,1H3,(H2,21,22,23,26). The van der Waals surface area contributed by atoms with E-state index in [4.69, 9.17) is 11.6 Å². The number of aryl methyl sites for hydroxylation is 1. The first-order valence-electron chi connectivity index (χ1n) is 7.97. The van der Waals surface area contributed by atoms with E-state index in [1.165, 1.54) is 17.0 Å². The molecule has 7 heteroatoms. The van der Waals surface area contributed by atoms with Crippen molar-refractivity contribution in [2.75, 3.05) is 5.32 Å². The summed E-state index contributed by atoms with van der Waals surface area (Å²) < 4.78 is 1.37. The van der Waals surface area contributed by atoms with Crippen LogP contribution in [0.1, 0.15) is 11.1 Å². The van der Waals surface area contributed by atoms with Gasteiger partial charge in [-0.15, -0.1) is 0 Å². The molecule has 0 saturated carbocycles. The Morgan fingerprint density at radius 1 is 1.19 bits per heavy atom. The van der Waals surface area contributed by atoms with Gasteiger partial charge in [0.1, 0.15) is 0 Å². The lowest BCUT2D eigenvalue weighted by molar-refractivity contribution is 0.251. The van der Waals surface area contributed by atoms with Crippen molar-refractivity contribution in [3.05, 3.63) is 87.4 Å². The van der Waals surface area contributed by atoms with Crippen LogP contribution in [0.2, 0.25) is 5.02 Å². The third-order valence-corrected chi connectivity index (χ3v) is 3.97. The Hall–Kier alpha value is -3.12. The van der Waals surface area contributed by atoms with Gasteiger partial charge in [0.05, 0.1) is 5.69 Å². The van der Waals surface area contributed by atoms with E-state index in [0.717, 1.165) is 11.1 Å². The predicted molar refractivity (Wildman–Crippen MR) is 102 cm³/mol. The minimum atomic E-state index is -0.501. The van der Waals surface area contributed by atoms with E-state index in [0.29, 0.717) is 17.3 Å². The zero-order valence-electron chi connectivity index (χ0n) is 14.1. The molecule has 2 N–H and O–H groups in total. The average Bonchev–Trinajstić information content (AvgIpc) is 2.63. The zero-order chi connectivity index (χ0) is 18.5. The Morgan fingerprint density at radius 3 is 2.69 bits per heavy atom. The number of carbonyl (C=O) groups excluding carboxylic acids is 1. The summed E-state index contributed by atoms with van der Waals surface area (Å²) in [6.45, 7) is 2.34. The SMILES string of the molecule is Cc1ccc(CNC(=O)Nc2nccn(-c3cccc(Cl)c3)c2=O)cc1. The van der Waals surface area contributed by atoms with Gasteiger partial charge in [0.25, 0.3) is 5.56 Å². The monoisotopic (exact) mass is 368 g/mol. The Kier molecular flexibility index (Phi) is 5.34. The van der Waals surface area contributed by atoms with Crippen LogP contribution in [0.3, 0.4) is 0 Å². The summed E-state index contributed by atoms with van der Waals surface area (Å²) >= 11 is 5.97. The van der Waals surface area contributed by atoms with Gasteiger partial charge >= 0.3 is 6.03 Å². The molecular formula is C19H17ClN4O2. The molecule has 0 aliphatic rings. The molecule has 2 amide bonds. The van der Waals surface area contributed by atoms with Crippen LogP contribution >= 0.6 is 11.6 Å². The lowest BCUT2D eigenvalue weighted by Gasteiger charge is -2.10. The molecule has 132 valence electrons. The largest absolute Gasteiger partial charge is 0.334 e. The Balaban J connectivity index is 1.71. The molecule has 3 rings (SSSR count). The smallest absolute Gasteiger partial charge is 0.320 e. The first kappa shape index (κ1) is 17.7. The summed E-state index contributed by atoms with van der Waals surface area (Å²) in [6, 6.07) is 14.2. The first-order valence-corrected chi connectivity index (χ1v) is 8.35. The quantitative estimate of drug-likeness (QED) is 0.739. The normalized spacial score (nSPS) is 10.4. The van der Waals surface area contributed by atoms with E-state index in [1.54, 1.807) is 24.3 Å². The molecule has 0 unspecified atom stereocenters. The van der Waals surface area contributed by atoms with Crippen molar-refractivity contribution in [2.45, 2.75) is 13.5 Å². The van der Waals surface area contributed by atoms with Crippen molar-refractivity contribution in [2.24, 2.45) is 0 Å². The maximum Gasteiger partial charge on any atom is 0.320 e. The fourth-order valence-electron chi connectivity index (χ4n) is 2.37. The molecule has 0 saturated heterocycles. The maximum absolute atomic E-state index is 12.5. The number of hydrogen-bond acceptors (Lipinski definition) is 3. The van der Waals surface area contributed by atoms with Gasteiger partial charge in [-0.05, 0) is 30.7 Å². The van der Waals surface area contributed by atoms with Gasteiger partial charge in [-0.2, -0.15) is 0 Å². The van der Waals surface area contributed by atoms with Crippen LogP contribution < -0.4 is 16.2 Å². The summed E-state index contributed by atoms with van der Waals surface area (Å²) in [5, 5.41) is 5.70. The molecule has 1 heterocycles. The molecule has 0 bridgehead atoms. The Morgan fingerprint density at radius 2 is 1.96 bits per heavy atom. The van der Waals surface area contributed by atoms with Gasteiger partial charge in [0, 0.05) is 24.0 Å². The van der Waals surface area contributed by atoms with Crippen LogP contribution in [-0.2, 0) is 6.54 Å². The van der Waals surface area contributed by atoms with Gasteiger partial charge in [-0.25, -0.2) is 9.78 Å². The average molecular weight is 369 g/mol. The van der Waals surface area contributed by atoms with E-state index in [2.05, 4.69) is 15.6 Å². The fraction of sp³-hybridized carbons (Fsp3) is 0.105. The molecule has 0 atom stereocenters. The molecule has 3 aromatic rings. The molecule has 0 radical (unpaired) electrons. The van der Waals surface area contributed by atoms with E-state index >= 15 is 0 Å². The Labute approximate surface area is 155 Å². The van der Waals surface area contributed by atoms with Crippen LogP contribution in [-0.4, -0.2) is 15.6 Å². The lowest BCUT2D eigenvalue weighted by atomic mass is 10.1. The first-order chi connectivity index (χ1) is 12.5. The van der Waals surface area contributed by atoms with Gasteiger partial charge in [0.15, 0.2) is 0 Å². The van der Waals surface area contributed by atoms with Crippen molar-refractivity contribution in [3.63, 3.8) is 0 Å². The van der Waals surface area contributed by atoms with E-state index in [9.17, 15) is 9.59 Å². The van der Waals surface area contributed by atoms with Crippen molar-refractivity contribution >= 4 is 23.4 Å². The van der Waals surface area contributed by atoms with Crippen LogP contribution in [0.5, 0.6) is 0 Å². The van der Waals surface area contributed by atoms with Crippen LogP contribution in [0.4, 0.5) is 10.6 Å². The highest BCUT2D eigenvalue weighted by atomic mass is 35.5. The number of carbonyl (C=O) groups is 1. The van der Waals surface area contributed by atoms with Gasteiger partial charge in [-0.3, -0.25) is 14.7 Å². The highest BCUT2D eigenvalue weighted by Gasteiger charge is 2.10. The third-order valence-electron chi connectivity index (χ3n) is 3.73. The summed E-state index contributed by atoms with van der Waals surface area (Å²) in [5.74, 6) is -0.0612.